The summed E-state index contributed by atoms with van der Waals surface area (Å²) in [6.07, 6.45) is 0. The molecule has 0 unspecified atom stereocenters. The van der Waals surface area contributed by atoms with Gasteiger partial charge in [0, 0.05) is 17.0 Å². The van der Waals surface area contributed by atoms with E-state index in [-0.39, 0.29) is 12.5 Å². The number of methoxy groups -OCH3 is 2. The van der Waals surface area contributed by atoms with Crippen LogP contribution in [0.25, 0.3) is 11.4 Å². The van der Waals surface area contributed by atoms with Gasteiger partial charge in [-0.3, -0.25) is 4.79 Å². The molecule has 0 aliphatic rings. The fourth-order valence-corrected chi connectivity index (χ4v) is 3.53. The number of aromatic nitrogens is 2. The van der Waals surface area contributed by atoms with Gasteiger partial charge in [-0.05, 0) is 37.3 Å². The average molecular weight is 413 g/mol. The molecule has 0 radical (unpaired) electrons. The molecular weight excluding hydrogens is 390 g/mol. The number of carbonyl (C=O) groups excluding carboxylic acids is 1. The smallest absolute Gasteiger partial charge is 0.246 e. The van der Waals surface area contributed by atoms with Gasteiger partial charge in [-0.2, -0.15) is 4.98 Å². The van der Waals surface area contributed by atoms with E-state index in [0.29, 0.717) is 35.5 Å². The number of thioether (sulfide) groups is 1. The highest BCUT2D eigenvalue weighted by Crippen LogP contribution is 2.31. The second-order valence-electron chi connectivity index (χ2n) is 6.09. The van der Waals surface area contributed by atoms with Gasteiger partial charge in [0.05, 0.1) is 26.5 Å². The number of amides is 1. The minimum Gasteiger partial charge on any atom is -0.493 e. The Hall–Kier alpha value is -3.00. The Balaban J connectivity index is 1.65. The van der Waals surface area contributed by atoms with Gasteiger partial charge < -0.3 is 18.9 Å². The molecule has 29 heavy (non-hydrogen) atoms. The molecule has 0 atom stereocenters. The van der Waals surface area contributed by atoms with Gasteiger partial charge in [-0.1, -0.05) is 23.4 Å². The van der Waals surface area contributed by atoms with E-state index in [1.54, 1.807) is 31.3 Å². The molecule has 0 spiro atoms. The number of carbonyl (C=O) groups is 1. The van der Waals surface area contributed by atoms with Gasteiger partial charge in [0.1, 0.15) is 0 Å². The highest BCUT2D eigenvalue weighted by molar-refractivity contribution is 8.00. The van der Waals surface area contributed by atoms with E-state index in [1.807, 2.05) is 43.3 Å². The Kier molecular flexibility index (Phi) is 7.13. The van der Waals surface area contributed by atoms with Gasteiger partial charge in [-0.25, -0.2) is 0 Å². The highest BCUT2D eigenvalue weighted by atomic mass is 32.2. The lowest BCUT2D eigenvalue weighted by molar-refractivity contribution is -0.129. The predicted octanol–water partition coefficient (Wildman–Crippen LogP) is 3.89. The summed E-state index contributed by atoms with van der Waals surface area (Å²) in [5.74, 6) is 2.40. The summed E-state index contributed by atoms with van der Waals surface area (Å²) in [7, 11) is 3.15. The van der Waals surface area contributed by atoms with Crippen LogP contribution in [0.1, 0.15) is 12.8 Å². The van der Waals surface area contributed by atoms with Crippen molar-refractivity contribution in [2.45, 2.75) is 18.4 Å². The second kappa shape index (κ2) is 9.97. The van der Waals surface area contributed by atoms with E-state index in [9.17, 15) is 4.79 Å². The lowest BCUT2D eigenvalue weighted by Crippen LogP contribution is -2.31. The molecule has 0 saturated heterocycles. The zero-order chi connectivity index (χ0) is 20.6. The third-order valence-corrected chi connectivity index (χ3v) is 5.27. The van der Waals surface area contributed by atoms with Crippen molar-refractivity contribution in [3.63, 3.8) is 0 Å². The number of rotatable bonds is 9. The molecule has 0 aliphatic heterocycles. The van der Waals surface area contributed by atoms with Crippen LogP contribution < -0.4 is 9.47 Å². The Morgan fingerprint density at radius 3 is 2.55 bits per heavy atom. The first-order chi connectivity index (χ1) is 14.1. The number of hydrogen-bond donors (Lipinski definition) is 0. The van der Waals surface area contributed by atoms with Crippen molar-refractivity contribution >= 4 is 17.7 Å². The third-order valence-electron chi connectivity index (χ3n) is 4.28. The van der Waals surface area contributed by atoms with Crippen LogP contribution in [-0.2, 0) is 11.3 Å². The van der Waals surface area contributed by atoms with E-state index in [1.165, 1.54) is 11.8 Å². The largest absolute Gasteiger partial charge is 0.493 e. The molecule has 7 nitrogen and oxygen atoms in total. The van der Waals surface area contributed by atoms with Crippen molar-refractivity contribution in [1.29, 1.82) is 0 Å². The monoisotopic (exact) mass is 413 g/mol. The lowest BCUT2D eigenvalue weighted by atomic mass is 10.2. The van der Waals surface area contributed by atoms with E-state index in [0.717, 1.165) is 10.5 Å². The SMILES string of the molecule is CCN(Cc1nc(-c2ccc(OC)c(OC)c2)no1)C(=O)CSc1ccccc1. The predicted molar refractivity (Wildman–Crippen MR) is 111 cm³/mol. The molecule has 1 heterocycles. The van der Waals surface area contributed by atoms with Crippen molar-refractivity contribution in [2.75, 3.05) is 26.5 Å². The maximum absolute atomic E-state index is 12.6. The van der Waals surface area contributed by atoms with Crippen LogP contribution in [0.4, 0.5) is 0 Å². The normalized spacial score (nSPS) is 10.6. The quantitative estimate of drug-likeness (QED) is 0.492. The highest BCUT2D eigenvalue weighted by Gasteiger charge is 2.18. The van der Waals surface area contributed by atoms with Crippen LogP contribution in [-0.4, -0.2) is 47.5 Å². The zero-order valence-corrected chi connectivity index (χ0v) is 17.4. The van der Waals surface area contributed by atoms with Gasteiger partial charge in [-0.15, -0.1) is 11.8 Å². The van der Waals surface area contributed by atoms with Crippen LogP contribution in [0.15, 0.2) is 57.9 Å². The maximum atomic E-state index is 12.6. The standard InChI is InChI=1S/C21H23N3O4S/c1-4-24(20(25)14-29-16-8-6-5-7-9-16)13-19-22-21(23-28-19)15-10-11-17(26-2)18(12-15)27-3/h5-12H,4,13-14H2,1-3H3. The summed E-state index contributed by atoms with van der Waals surface area (Å²) >= 11 is 1.51. The number of nitrogens with zero attached hydrogens (tertiary/aromatic N) is 3. The maximum Gasteiger partial charge on any atom is 0.246 e. The summed E-state index contributed by atoms with van der Waals surface area (Å²) < 4.78 is 15.9. The summed E-state index contributed by atoms with van der Waals surface area (Å²) in [5.41, 5.74) is 0.742. The summed E-state index contributed by atoms with van der Waals surface area (Å²) in [4.78, 5) is 19.7. The Morgan fingerprint density at radius 1 is 1.10 bits per heavy atom. The number of hydrogen-bond acceptors (Lipinski definition) is 7. The molecule has 1 amide bonds. The van der Waals surface area contributed by atoms with Gasteiger partial charge >= 0.3 is 0 Å². The topological polar surface area (TPSA) is 77.7 Å². The van der Waals surface area contributed by atoms with Gasteiger partial charge in [0.25, 0.3) is 0 Å². The Bertz CT molecular complexity index is 946. The first-order valence-electron chi connectivity index (χ1n) is 9.15. The molecule has 152 valence electrons. The summed E-state index contributed by atoms with van der Waals surface area (Å²) in [6.45, 7) is 2.75. The molecule has 0 bridgehead atoms. The van der Waals surface area contributed by atoms with Crippen LogP contribution in [0.3, 0.4) is 0 Å². The molecule has 0 fully saturated rings. The number of benzene rings is 2. The Labute approximate surface area is 174 Å². The van der Waals surface area contributed by atoms with Crippen molar-refractivity contribution in [1.82, 2.24) is 15.0 Å². The van der Waals surface area contributed by atoms with E-state index < -0.39 is 0 Å². The molecule has 0 aliphatic carbocycles. The summed E-state index contributed by atoms with van der Waals surface area (Å²) in [6, 6.07) is 15.2. The van der Waals surface area contributed by atoms with E-state index in [2.05, 4.69) is 10.1 Å². The van der Waals surface area contributed by atoms with Crippen molar-refractivity contribution in [3.8, 4) is 22.9 Å². The zero-order valence-electron chi connectivity index (χ0n) is 16.6. The van der Waals surface area contributed by atoms with E-state index >= 15 is 0 Å². The molecule has 0 saturated carbocycles. The first kappa shape index (κ1) is 20.7. The minimum atomic E-state index is 0.0206. The second-order valence-corrected chi connectivity index (χ2v) is 7.14. The molecule has 3 aromatic rings. The minimum absolute atomic E-state index is 0.0206. The van der Waals surface area contributed by atoms with Crippen LogP contribution in [0.2, 0.25) is 0 Å². The van der Waals surface area contributed by atoms with Crippen molar-refractivity contribution in [2.24, 2.45) is 0 Å². The molecule has 0 N–H and O–H groups in total. The van der Waals surface area contributed by atoms with Crippen LogP contribution >= 0.6 is 11.8 Å². The van der Waals surface area contributed by atoms with Crippen LogP contribution in [0.5, 0.6) is 11.5 Å². The Morgan fingerprint density at radius 2 is 1.86 bits per heavy atom. The van der Waals surface area contributed by atoms with Gasteiger partial charge in [0.2, 0.25) is 17.6 Å². The lowest BCUT2D eigenvalue weighted by Gasteiger charge is -2.18. The average Bonchev–Trinajstić information content (AvgIpc) is 3.24. The molecule has 3 rings (SSSR count). The van der Waals surface area contributed by atoms with Gasteiger partial charge in [0.15, 0.2) is 11.5 Å². The first-order valence-corrected chi connectivity index (χ1v) is 10.1. The molecule has 1 aromatic heterocycles. The molecule has 2 aromatic carbocycles. The number of ether oxygens (including phenoxy) is 2. The van der Waals surface area contributed by atoms with Crippen molar-refractivity contribution in [3.05, 3.63) is 54.4 Å². The third kappa shape index (κ3) is 5.29. The molecule has 8 heteroatoms. The van der Waals surface area contributed by atoms with E-state index in [4.69, 9.17) is 14.0 Å². The molecular formula is C21H23N3O4S. The summed E-state index contributed by atoms with van der Waals surface area (Å²) in [5, 5.41) is 4.03. The van der Waals surface area contributed by atoms with Crippen molar-refractivity contribution < 1.29 is 18.8 Å². The fourth-order valence-electron chi connectivity index (χ4n) is 2.70. The van der Waals surface area contributed by atoms with Crippen LogP contribution in [0, 0.1) is 0 Å². The fraction of sp³-hybridized carbons (Fsp3) is 0.286.